The van der Waals surface area contributed by atoms with E-state index >= 15 is 0 Å². The zero-order valence-corrected chi connectivity index (χ0v) is 11.7. The Bertz CT molecular complexity index is 611. The summed E-state index contributed by atoms with van der Waals surface area (Å²) >= 11 is 0. The molecule has 0 radical (unpaired) electrons. The fraction of sp³-hybridized carbons (Fsp3) is 0.188. The largest absolute Gasteiger partial charge is 0.294 e. The molecule has 0 bridgehead atoms. The van der Waals surface area contributed by atoms with Crippen molar-refractivity contribution in [3.63, 3.8) is 0 Å². The van der Waals surface area contributed by atoms with Gasteiger partial charge in [-0.1, -0.05) is 42.5 Å². The molecule has 2 rings (SSSR count). The number of hydrogen-bond donors (Lipinski definition) is 0. The summed E-state index contributed by atoms with van der Waals surface area (Å²) in [5.74, 6) is -0.143. The van der Waals surface area contributed by atoms with Gasteiger partial charge in [0, 0.05) is 17.7 Å². The van der Waals surface area contributed by atoms with E-state index in [4.69, 9.17) is 0 Å². The van der Waals surface area contributed by atoms with Crippen molar-refractivity contribution >= 4 is 16.6 Å². The summed E-state index contributed by atoms with van der Waals surface area (Å²) in [6.45, 7) is 0. The van der Waals surface area contributed by atoms with Gasteiger partial charge in [0.15, 0.2) is 5.78 Å². The summed E-state index contributed by atoms with van der Waals surface area (Å²) in [6, 6.07) is 15.0. The van der Waals surface area contributed by atoms with Crippen LogP contribution in [0.25, 0.3) is 0 Å². The molecule has 0 N–H and O–H groups in total. The topological polar surface area (TPSA) is 34.1 Å². The minimum atomic E-state index is -1.40. The molecule has 1 atom stereocenters. The average Bonchev–Trinajstić information content (AvgIpc) is 2.48. The predicted molar refractivity (Wildman–Crippen MR) is 77.7 cm³/mol. The third-order valence-electron chi connectivity index (χ3n) is 2.91. The fourth-order valence-electron chi connectivity index (χ4n) is 1.87. The molecule has 1 unspecified atom stereocenters. The molecule has 0 spiro atoms. The molecule has 2 aromatic rings. The molecule has 0 heterocycles. The molecule has 0 saturated heterocycles. The molecule has 20 heavy (non-hydrogen) atoms. The first-order valence-corrected chi connectivity index (χ1v) is 7.71. The van der Waals surface area contributed by atoms with Crippen molar-refractivity contribution < 1.29 is 13.4 Å². The van der Waals surface area contributed by atoms with Crippen molar-refractivity contribution in [1.29, 1.82) is 0 Å². The molecule has 2 nitrogen and oxygen atoms in total. The van der Waals surface area contributed by atoms with E-state index in [-0.39, 0.29) is 10.7 Å². The van der Waals surface area contributed by atoms with Gasteiger partial charge >= 0.3 is 0 Å². The standard InChI is InChI=1S/C16H15FO2S/c17-14-9-4-5-11-16(14)20(19)12-6-10-15(18)13-7-2-1-3-8-13/h1-5,7-9,11H,6,10,12H2. The smallest absolute Gasteiger partial charge is 0.162 e. The summed E-state index contributed by atoms with van der Waals surface area (Å²) in [5, 5.41) is 0. The van der Waals surface area contributed by atoms with Gasteiger partial charge in [-0.2, -0.15) is 0 Å². The van der Waals surface area contributed by atoms with E-state index < -0.39 is 16.6 Å². The highest BCUT2D eigenvalue weighted by molar-refractivity contribution is 7.85. The van der Waals surface area contributed by atoms with E-state index in [1.807, 2.05) is 18.2 Å². The summed E-state index contributed by atoms with van der Waals surface area (Å²) in [6.07, 6.45) is 0.804. The summed E-state index contributed by atoms with van der Waals surface area (Å²) in [4.78, 5) is 12.1. The molecular weight excluding hydrogens is 275 g/mol. The number of hydrogen-bond acceptors (Lipinski definition) is 2. The maximum atomic E-state index is 13.4. The number of benzene rings is 2. The van der Waals surface area contributed by atoms with Crippen molar-refractivity contribution in [3.05, 3.63) is 66.0 Å². The highest BCUT2D eigenvalue weighted by atomic mass is 32.2. The van der Waals surface area contributed by atoms with Crippen molar-refractivity contribution in [1.82, 2.24) is 0 Å². The highest BCUT2D eigenvalue weighted by Crippen LogP contribution is 2.13. The molecule has 104 valence electrons. The minimum Gasteiger partial charge on any atom is -0.294 e. The quantitative estimate of drug-likeness (QED) is 0.762. The molecular formula is C16H15FO2S. The van der Waals surface area contributed by atoms with E-state index in [0.29, 0.717) is 24.2 Å². The first kappa shape index (κ1) is 14.6. The lowest BCUT2D eigenvalue weighted by atomic mass is 10.1. The van der Waals surface area contributed by atoms with E-state index in [1.165, 1.54) is 12.1 Å². The Kier molecular flexibility index (Phi) is 5.18. The molecule has 0 saturated carbocycles. The number of halogens is 1. The first-order chi connectivity index (χ1) is 9.68. The SMILES string of the molecule is O=C(CCCS(=O)c1ccccc1F)c1ccccc1. The van der Waals surface area contributed by atoms with Crippen molar-refractivity contribution in [2.24, 2.45) is 0 Å². The third kappa shape index (κ3) is 3.84. The van der Waals surface area contributed by atoms with Gasteiger partial charge in [0.25, 0.3) is 0 Å². The Morgan fingerprint density at radius 3 is 2.35 bits per heavy atom. The van der Waals surface area contributed by atoms with Crippen LogP contribution in [0.3, 0.4) is 0 Å². The summed E-state index contributed by atoms with van der Waals surface area (Å²) < 4.78 is 25.4. The van der Waals surface area contributed by atoms with Crippen molar-refractivity contribution in [2.75, 3.05) is 5.75 Å². The zero-order chi connectivity index (χ0) is 14.4. The fourth-order valence-corrected chi connectivity index (χ4v) is 3.01. The monoisotopic (exact) mass is 290 g/mol. The second kappa shape index (κ2) is 7.10. The van der Waals surface area contributed by atoms with E-state index in [2.05, 4.69) is 0 Å². The molecule has 0 fully saturated rings. The maximum Gasteiger partial charge on any atom is 0.162 e. The van der Waals surface area contributed by atoms with Gasteiger partial charge in [0.05, 0.1) is 15.7 Å². The van der Waals surface area contributed by atoms with Crippen LogP contribution in [0, 0.1) is 5.82 Å². The molecule has 0 amide bonds. The normalized spacial score (nSPS) is 12.1. The summed E-state index contributed by atoms with van der Waals surface area (Å²) in [5.41, 5.74) is 0.657. The highest BCUT2D eigenvalue weighted by Gasteiger charge is 2.10. The number of ketones is 1. The predicted octanol–water partition coefficient (Wildman–Crippen LogP) is 3.60. The Morgan fingerprint density at radius 1 is 1.00 bits per heavy atom. The Morgan fingerprint density at radius 2 is 1.65 bits per heavy atom. The van der Waals surface area contributed by atoms with Crippen molar-refractivity contribution in [3.8, 4) is 0 Å². The number of carbonyl (C=O) groups excluding carboxylic acids is 1. The average molecular weight is 290 g/mol. The summed E-state index contributed by atoms with van der Waals surface area (Å²) in [7, 11) is -1.40. The van der Waals surface area contributed by atoms with Crippen LogP contribution in [0.4, 0.5) is 4.39 Å². The van der Waals surface area contributed by atoms with E-state index in [9.17, 15) is 13.4 Å². The van der Waals surface area contributed by atoms with E-state index in [0.717, 1.165) is 0 Å². The number of rotatable bonds is 6. The number of carbonyl (C=O) groups is 1. The van der Waals surface area contributed by atoms with Crippen molar-refractivity contribution in [2.45, 2.75) is 17.7 Å². The molecule has 0 aliphatic carbocycles. The van der Waals surface area contributed by atoms with Gasteiger partial charge in [-0.15, -0.1) is 0 Å². The number of Topliss-reactive ketones (excluding diaryl/α,β-unsaturated/α-hetero) is 1. The Hall–Kier alpha value is -1.81. The van der Waals surface area contributed by atoms with E-state index in [1.54, 1.807) is 24.3 Å². The molecule has 0 aliphatic heterocycles. The minimum absolute atomic E-state index is 0.0242. The van der Waals surface area contributed by atoms with Gasteiger partial charge in [0.2, 0.25) is 0 Å². The van der Waals surface area contributed by atoms with Crippen LogP contribution in [0.15, 0.2) is 59.5 Å². The first-order valence-electron chi connectivity index (χ1n) is 6.39. The third-order valence-corrected chi connectivity index (χ3v) is 4.39. The lowest BCUT2D eigenvalue weighted by Gasteiger charge is -2.03. The molecule has 4 heteroatoms. The lowest BCUT2D eigenvalue weighted by Crippen LogP contribution is -2.05. The van der Waals surface area contributed by atoms with Gasteiger partial charge in [-0.3, -0.25) is 9.00 Å². The van der Waals surface area contributed by atoms with Gasteiger partial charge < -0.3 is 0 Å². The van der Waals surface area contributed by atoms with Crippen LogP contribution < -0.4 is 0 Å². The Balaban J connectivity index is 1.86. The van der Waals surface area contributed by atoms with Crippen LogP contribution in [0.5, 0.6) is 0 Å². The Labute approximate surface area is 120 Å². The van der Waals surface area contributed by atoms with Gasteiger partial charge in [-0.25, -0.2) is 4.39 Å². The van der Waals surface area contributed by atoms with Crippen LogP contribution in [0.1, 0.15) is 23.2 Å². The van der Waals surface area contributed by atoms with Crippen LogP contribution in [0.2, 0.25) is 0 Å². The van der Waals surface area contributed by atoms with Gasteiger partial charge in [0.1, 0.15) is 5.82 Å². The second-order valence-electron chi connectivity index (χ2n) is 4.37. The maximum absolute atomic E-state index is 13.4. The van der Waals surface area contributed by atoms with Crippen LogP contribution in [-0.4, -0.2) is 15.7 Å². The lowest BCUT2D eigenvalue weighted by molar-refractivity contribution is 0.0982. The van der Waals surface area contributed by atoms with Gasteiger partial charge in [-0.05, 0) is 18.6 Å². The second-order valence-corrected chi connectivity index (χ2v) is 5.91. The zero-order valence-electron chi connectivity index (χ0n) is 10.9. The van der Waals surface area contributed by atoms with Crippen LogP contribution in [-0.2, 0) is 10.8 Å². The molecule has 0 aliphatic rings. The van der Waals surface area contributed by atoms with Crippen LogP contribution >= 0.6 is 0 Å². The molecule has 2 aromatic carbocycles. The molecule has 0 aromatic heterocycles.